The molecular weight excluding hydrogens is 248 g/mol. The first kappa shape index (κ1) is 17.3. The van der Waals surface area contributed by atoms with Gasteiger partial charge in [-0.2, -0.15) is 0 Å². The number of nitrogens with one attached hydrogen (secondary N) is 1. The second-order valence-corrected chi connectivity index (χ2v) is 6.89. The van der Waals surface area contributed by atoms with Crippen LogP contribution in [0, 0.1) is 11.8 Å². The quantitative estimate of drug-likeness (QED) is 0.744. The van der Waals surface area contributed by atoms with Crippen molar-refractivity contribution in [2.75, 3.05) is 13.1 Å². The minimum Gasteiger partial charge on any atom is -0.463 e. The van der Waals surface area contributed by atoms with E-state index in [4.69, 9.17) is 4.42 Å². The molecular formula is C17H32N2O. The Morgan fingerprint density at radius 2 is 1.50 bits per heavy atom. The van der Waals surface area contributed by atoms with Crippen molar-refractivity contribution in [3.05, 3.63) is 23.7 Å². The summed E-state index contributed by atoms with van der Waals surface area (Å²) in [7, 11) is 0. The minimum absolute atomic E-state index is 0.488. The van der Waals surface area contributed by atoms with E-state index in [1.807, 2.05) is 0 Å². The summed E-state index contributed by atoms with van der Waals surface area (Å²) in [5.41, 5.74) is 0. The Bertz CT molecular complexity index is 359. The van der Waals surface area contributed by atoms with Crippen molar-refractivity contribution >= 4 is 0 Å². The predicted octanol–water partition coefficient (Wildman–Crippen LogP) is 3.89. The van der Waals surface area contributed by atoms with E-state index in [0.717, 1.165) is 37.7 Å². The zero-order chi connectivity index (χ0) is 15.1. The minimum atomic E-state index is 0.488. The smallest absolute Gasteiger partial charge is 0.118 e. The molecule has 116 valence electrons. The maximum Gasteiger partial charge on any atom is 0.118 e. The Labute approximate surface area is 124 Å². The van der Waals surface area contributed by atoms with E-state index in [1.165, 1.54) is 0 Å². The van der Waals surface area contributed by atoms with Crippen LogP contribution < -0.4 is 5.32 Å². The molecule has 1 heterocycles. The molecule has 3 heteroatoms. The highest BCUT2D eigenvalue weighted by atomic mass is 16.3. The summed E-state index contributed by atoms with van der Waals surface area (Å²) >= 11 is 0. The van der Waals surface area contributed by atoms with Gasteiger partial charge in [-0.15, -0.1) is 0 Å². The Hall–Kier alpha value is -0.800. The second kappa shape index (κ2) is 8.48. The van der Waals surface area contributed by atoms with Crippen molar-refractivity contribution in [1.82, 2.24) is 10.2 Å². The third-order valence-corrected chi connectivity index (χ3v) is 3.03. The van der Waals surface area contributed by atoms with Gasteiger partial charge in [0, 0.05) is 19.1 Å². The van der Waals surface area contributed by atoms with Crippen LogP contribution >= 0.6 is 0 Å². The van der Waals surface area contributed by atoms with Crippen molar-refractivity contribution in [2.24, 2.45) is 11.8 Å². The van der Waals surface area contributed by atoms with Crippen molar-refractivity contribution in [1.29, 1.82) is 0 Å². The molecule has 3 nitrogen and oxygen atoms in total. The first-order valence-corrected chi connectivity index (χ1v) is 7.90. The summed E-state index contributed by atoms with van der Waals surface area (Å²) in [6.45, 7) is 17.4. The standard InChI is InChI=1S/C17H32N2O/c1-13(2)10-19(11-14(3)4)12-17-8-7-16(20-17)9-18-15(5)6/h7-8,13-15,18H,9-12H2,1-6H3. The summed E-state index contributed by atoms with van der Waals surface area (Å²) in [6, 6.07) is 4.69. The van der Waals surface area contributed by atoms with Gasteiger partial charge in [-0.3, -0.25) is 4.90 Å². The fourth-order valence-corrected chi connectivity index (χ4v) is 2.36. The number of furan rings is 1. The lowest BCUT2D eigenvalue weighted by atomic mass is 10.1. The van der Waals surface area contributed by atoms with Crippen LogP contribution in [0.2, 0.25) is 0 Å². The lowest BCUT2D eigenvalue weighted by molar-refractivity contribution is 0.195. The van der Waals surface area contributed by atoms with E-state index in [9.17, 15) is 0 Å². The molecule has 0 aliphatic heterocycles. The van der Waals surface area contributed by atoms with Gasteiger partial charge in [0.05, 0.1) is 13.1 Å². The Morgan fingerprint density at radius 3 is 2.00 bits per heavy atom. The molecule has 0 radical (unpaired) electrons. The monoisotopic (exact) mass is 280 g/mol. The van der Waals surface area contributed by atoms with Crippen molar-refractivity contribution < 1.29 is 4.42 Å². The fourth-order valence-electron chi connectivity index (χ4n) is 2.36. The third-order valence-electron chi connectivity index (χ3n) is 3.03. The van der Waals surface area contributed by atoms with Gasteiger partial charge in [0.25, 0.3) is 0 Å². The molecule has 0 saturated carbocycles. The molecule has 0 aliphatic rings. The van der Waals surface area contributed by atoms with E-state index in [0.29, 0.717) is 17.9 Å². The molecule has 0 amide bonds. The first-order valence-electron chi connectivity index (χ1n) is 7.90. The predicted molar refractivity (Wildman–Crippen MR) is 85.6 cm³/mol. The van der Waals surface area contributed by atoms with Crippen molar-refractivity contribution in [3.63, 3.8) is 0 Å². The topological polar surface area (TPSA) is 28.4 Å². The van der Waals surface area contributed by atoms with E-state index in [2.05, 4.69) is 63.9 Å². The molecule has 0 aromatic carbocycles. The normalized spacial score (nSPS) is 12.3. The number of hydrogen-bond donors (Lipinski definition) is 1. The Kier molecular flexibility index (Phi) is 7.31. The molecule has 0 saturated heterocycles. The molecule has 1 rings (SSSR count). The zero-order valence-corrected chi connectivity index (χ0v) is 14.1. The SMILES string of the molecule is CC(C)CN(Cc1ccc(CNC(C)C)o1)CC(C)C. The summed E-state index contributed by atoms with van der Waals surface area (Å²) < 4.78 is 5.92. The lowest BCUT2D eigenvalue weighted by Gasteiger charge is -2.25. The van der Waals surface area contributed by atoms with Gasteiger partial charge in [-0.05, 0) is 24.0 Å². The van der Waals surface area contributed by atoms with Gasteiger partial charge in [-0.25, -0.2) is 0 Å². The average Bonchev–Trinajstić information content (AvgIpc) is 2.72. The van der Waals surface area contributed by atoms with Crippen LogP contribution in [0.5, 0.6) is 0 Å². The lowest BCUT2D eigenvalue weighted by Crippen LogP contribution is -2.30. The molecule has 20 heavy (non-hydrogen) atoms. The van der Waals surface area contributed by atoms with E-state index in [1.54, 1.807) is 0 Å². The van der Waals surface area contributed by atoms with Crippen molar-refractivity contribution in [2.45, 2.75) is 60.7 Å². The van der Waals surface area contributed by atoms with E-state index in [-0.39, 0.29) is 0 Å². The summed E-state index contributed by atoms with van der Waals surface area (Å²) in [6.07, 6.45) is 0. The highest BCUT2D eigenvalue weighted by molar-refractivity contribution is 5.07. The van der Waals surface area contributed by atoms with Crippen LogP contribution in [0.25, 0.3) is 0 Å². The van der Waals surface area contributed by atoms with Gasteiger partial charge in [0.2, 0.25) is 0 Å². The number of nitrogens with zero attached hydrogens (tertiary/aromatic N) is 1. The molecule has 0 spiro atoms. The van der Waals surface area contributed by atoms with Gasteiger partial charge in [0.15, 0.2) is 0 Å². The van der Waals surface area contributed by atoms with Crippen LogP contribution in [-0.2, 0) is 13.1 Å². The van der Waals surface area contributed by atoms with E-state index >= 15 is 0 Å². The molecule has 0 aliphatic carbocycles. The number of rotatable bonds is 9. The van der Waals surface area contributed by atoms with Crippen LogP contribution in [0.4, 0.5) is 0 Å². The second-order valence-electron chi connectivity index (χ2n) is 6.89. The summed E-state index contributed by atoms with van der Waals surface area (Å²) in [5, 5.41) is 3.39. The van der Waals surface area contributed by atoms with Crippen LogP contribution in [0.1, 0.15) is 53.1 Å². The van der Waals surface area contributed by atoms with Gasteiger partial charge in [-0.1, -0.05) is 41.5 Å². The zero-order valence-electron chi connectivity index (χ0n) is 14.1. The highest BCUT2D eigenvalue weighted by Gasteiger charge is 2.12. The molecule has 0 unspecified atom stereocenters. The Morgan fingerprint density at radius 1 is 0.950 bits per heavy atom. The van der Waals surface area contributed by atoms with Crippen LogP contribution in [0.15, 0.2) is 16.5 Å². The molecule has 0 bridgehead atoms. The Balaban J connectivity index is 2.54. The maximum absolute atomic E-state index is 5.92. The third kappa shape index (κ3) is 7.11. The first-order chi connectivity index (χ1) is 9.36. The van der Waals surface area contributed by atoms with Gasteiger partial charge < -0.3 is 9.73 Å². The van der Waals surface area contributed by atoms with E-state index < -0.39 is 0 Å². The average molecular weight is 280 g/mol. The molecule has 1 aromatic heterocycles. The van der Waals surface area contributed by atoms with Crippen LogP contribution in [0.3, 0.4) is 0 Å². The summed E-state index contributed by atoms with van der Waals surface area (Å²) in [4.78, 5) is 2.49. The molecule has 1 aromatic rings. The maximum atomic E-state index is 5.92. The molecule has 0 fully saturated rings. The number of hydrogen-bond acceptors (Lipinski definition) is 3. The highest BCUT2D eigenvalue weighted by Crippen LogP contribution is 2.13. The van der Waals surface area contributed by atoms with Crippen LogP contribution in [-0.4, -0.2) is 24.0 Å². The van der Waals surface area contributed by atoms with Crippen molar-refractivity contribution in [3.8, 4) is 0 Å². The van der Waals surface area contributed by atoms with Gasteiger partial charge in [0.1, 0.15) is 11.5 Å². The molecule has 0 atom stereocenters. The van der Waals surface area contributed by atoms with Gasteiger partial charge >= 0.3 is 0 Å². The summed E-state index contributed by atoms with van der Waals surface area (Å²) in [5.74, 6) is 3.48. The largest absolute Gasteiger partial charge is 0.463 e. The molecule has 1 N–H and O–H groups in total. The fraction of sp³-hybridized carbons (Fsp3) is 0.765.